The summed E-state index contributed by atoms with van der Waals surface area (Å²) in [5.74, 6) is -1.27. The lowest BCUT2D eigenvalue weighted by atomic mass is 9.92. The molecule has 1 aromatic heterocycles. The first-order chi connectivity index (χ1) is 22.0. The number of rotatable bonds is 5. The predicted molar refractivity (Wildman–Crippen MR) is 171 cm³/mol. The van der Waals surface area contributed by atoms with E-state index >= 15 is 0 Å². The largest absolute Gasteiger partial charge is 0.508 e. The highest BCUT2D eigenvalue weighted by atomic mass is 16.3. The average Bonchev–Trinajstić information content (AvgIpc) is 3.45. The molecule has 2 aromatic rings. The van der Waals surface area contributed by atoms with Gasteiger partial charge in [0.05, 0.1) is 0 Å². The molecule has 0 bridgehead atoms. The molecule has 4 rings (SSSR count). The second kappa shape index (κ2) is 16.2. The van der Waals surface area contributed by atoms with Crippen molar-refractivity contribution in [2.24, 2.45) is 11.8 Å². The van der Waals surface area contributed by atoms with Gasteiger partial charge in [0.15, 0.2) is 0 Å². The second-order valence-corrected chi connectivity index (χ2v) is 12.8. The van der Waals surface area contributed by atoms with Crippen LogP contribution in [0.3, 0.4) is 0 Å². The molecule has 3 heterocycles. The molecule has 5 N–H and O–H groups in total. The highest BCUT2D eigenvalue weighted by Crippen LogP contribution is 2.23. The van der Waals surface area contributed by atoms with E-state index in [1.165, 1.54) is 23.2 Å². The Morgan fingerprint density at radius 3 is 2.50 bits per heavy atom. The molecule has 12 heteroatoms. The number of hydrogen-bond acceptors (Lipinski definition) is 7. The van der Waals surface area contributed by atoms with Crippen molar-refractivity contribution < 1.29 is 29.1 Å². The summed E-state index contributed by atoms with van der Waals surface area (Å²) < 4.78 is 0. The van der Waals surface area contributed by atoms with Crippen molar-refractivity contribution in [3.8, 4) is 5.75 Å². The molecule has 2 aliphatic rings. The molecule has 248 valence electrons. The standard InChI is InChI=1S/C34H46N6O6/c1-21(2)26-14-9-22(3)17-30(42)38-28(18-23-10-12-25(41)13-11-23)32(44)36-16-6-8-31(43)40-20-24(19-29(40)34(46)39-26)37-33(45)27-7-4-5-15-35-27/h4-5,7,10-13,15,21-22,24,26,28-29,41H,6,8-9,14,16-20H2,1-3H3,(H,36,44)(H,37,45)(H,38,42)(H,39,46)/t22-,24-,26+,28+,29+/m1/s1. The van der Waals surface area contributed by atoms with Crippen molar-refractivity contribution in [3.63, 3.8) is 0 Å². The normalized spacial score (nSPS) is 25.5. The molecule has 2 aliphatic heterocycles. The minimum Gasteiger partial charge on any atom is -0.508 e. The molecule has 1 aromatic carbocycles. The molecule has 46 heavy (non-hydrogen) atoms. The van der Waals surface area contributed by atoms with Gasteiger partial charge in [-0.3, -0.25) is 29.0 Å². The number of carbonyl (C=O) groups is 5. The van der Waals surface area contributed by atoms with E-state index in [2.05, 4.69) is 26.3 Å². The smallest absolute Gasteiger partial charge is 0.270 e. The van der Waals surface area contributed by atoms with Crippen molar-refractivity contribution in [1.29, 1.82) is 0 Å². The monoisotopic (exact) mass is 634 g/mol. The fourth-order valence-electron chi connectivity index (χ4n) is 6.00. The third-order valence-corrected chi connectivity index (χ3v) is 8.69. The van der Waals surface area contributed by atoms with Gasteiger partial charge < -0.3 is 31.3 Å². The number of nitrogens with one attached hydrogen (secondary N) is 4. The van der Waals surface area contributed by atoms with Crippen LogP contribution in [0.1, 0.15) is 75.3 Å². The van der Waals surface area contributed by atoms with Gasteiger partial charge in [0, 0.05) is 50.6 Å². The Kier molecular flexibility index (Phi) is 12.1. The van der Waals surface area contributed by atoms with Crippen LogP contribution in [0, 0.1) is 11.8 Å². The van der Waals surface area contributed by atoms with Gasteiger partial charge >= 0.3 is 0 Å². The molecule has 0 saturated carbocycles. The lowest BCUT2D eigenvalue weighted by Crippen LogP contribution is -2.50. The van der Waals surface area contributed by atoms with Gasteiger partial charge in [-0.2, -0.15) is 0 Å². The molecule has 2 saturated heterocycles. The van der Waals surface area contributed by atoms with Crippen LogP contribution in [0.15, 0.2) is 48.7 Å². The van der Waals surface area contributed by atoms with E-state index in [1.54, 1.807) is 30.3 Å². The summed E-state index contributed by atoms with van der Waals surface area (Å²) in [6.07, 6.45) is 3.99. The fraction of sp³-hybridized carbons (Fsp3) is 0.529. The summed E-state index contributed by atoms with van der Waals surface area (Å²) in [7, 11) is 0. The van der Waals surface area contributed by atoms with Crippen LogP contribution in [0.25, 0.3) is 0 Å². The number of phenolic OH excluding ortho intramolecular Hbond substituents is 1. The predicted octanol–water partition coefficient (Wildman–Crippen LogP) is 2.07. The van der Waals surface area contributed by atoms with E-state index in [1.807, 2.05) is 20.8 Å². The SMILES string of the molecule is CC(C)[C@@H]1CC[C@@H](C)CC(=O)N[C@@H](Cc2ccc(O)cc2)C(=O)NCCCC(=O)N2C[C@H](NC(=O)c3ccccn3)C[C@H]2C(=O)N1. The van der Waals surface area contributed by atoms with E-state index in [4.69, 9.17) is 0 Å². The summed E-state index contributed by atoms with van der Waals surface area (Å²) in [6, 6.07) is 9.34. The zero-order valence-corrected chi connectivity index (χ0v) is 26.8. The Balaban J connectivity index is 1.50. The van der Waals surface area contributed by atoms with Gasteiger partial charge in [0.1, 0.15) is 23.5 Å². The van der Waals surface area contributed by atoms with Gasteiger partial charge in [-0.15, -0.1) is 0 Å². The van der Waals surface area contributed by atoms with Gasteiger partial charge in [0.2, 0.25) is 23.6 Å². The quantitative estimate of drug-likeness (QED) is 0.335. The number of aromatic hydroxyl groups is 1. The number of nitrogens with zero attached hydrogens (tertiary/aromatic N) is 2. The van der Waals surface area contributed by atoms with E-state index < -0.39 is 18.1 Å². The zero-order chi connectivity index (χ0) is 33.2. The lowest BCUT2D eigenvalue weighted by Gasteiger charge is -2.29. The Morgan fingerprint density at radius 1 is 1.04 bits per heavy atom. The second-order valence-electron chi connectivity index (χ2n) is 12.8. The number of benzene rings is 1. The Morgan fingerprint density at radius 2 is 1.80 bits per heavy atom. The van der Waals surface area contributed by atoms with Gasteiger partial charge in [-0.1, -0.05) is 39.0 Å². The first kappa shape index (κ1) is 34.4. The maximum atomic E-state index is 13.7. The summed E-state index contributed by atoms with van der Waals surface area (Å²) >= 11 is 0. The van der Waals surface area contributed by atoms with Crippen LogP contribution >= 0.6 is 0 Å². The Hall–Kier alpha value is -4.48. The number of hydrogen-bond donors (Lipinski definition) is 5. The summed E-state index contributed by atoms with van der Waals surface area (Å²) in [5.41, 5.74) is 1.04. The average molecular weight is 635 g/mol. The van der Waals surface area contributed by atoms with E-state index in [0.717, 1.165) is 5.56 Å². The van der Waals surface area contributed by atoms with Crippen molar-refractivity contribution >= 4 is 29.5 Å². The number of fused-ring (bicyclic) bond motifs is 1. The number of carbonyl (C=O) groups excluding carboxylic acids is 5. The van der Waals surface area contributed by atoms with Crippen molar-refractivity contribution in [2.45, 2.75) is 89.9 Å². The van der Waals surface area contributed by atoms with Crippen LogP contribution in [0.5, 0.6) is 5.75 Å². The number of aromatic nitrogens is 1. The van der Waals surface area contributed by atoms with Crippen LogP contribution < -0.4 is 21.3 Å². The van der Waals surface area contributed by atoms with Crippen LogP contribution in [-0.4, -0.2) is 81.8 Å². The van der Waals surface area contributed by atoms with Crippen LogP contribution in [-0.2, 0) is 25.6 Å². The van der Waals surface area contributed by atoms with Gasteiger partial charge in [-0.05, 0) is 67.3 Å². The van der Waals surface area contributed by atoms with E-state index in [0.29, 0.717) is 19.3 Å². The van der Waals surface area contributed by atoms with Crippen LogP contribution in [0.2, 0.25) is 0 Å². The maximum Gasteiger partial charge on any atom is 0.270 e. The molecule has 0 aliphatic carbocycles. The molecule has 0 unspecified atom stereocenters. The molecular formula is C34H46N6O6. The first-order valence-corrected chi connectivity index (χ1v) is 16.2. The Labute approximate surface area is 270 Å². The number of phenols is 1. The zero-order valence-electron chi connectivity index (χ0n) is 26.8. The van der Waals surface area contributed by atoms with E-state index in [-0.39, 0.29) is 97.6 Å². The minimum atomic E-state index is -0.826. The molecular weight excluding hydrogens is 588 g/mol. The lowest BCUT2D eigenvalue weighted by molar-refractivity contribution is -0.139. The highest BCUT2D eigenvalue weighted by Gasteiger charge is 2.41. The first-order valence-electron chi connectivity index (χ1n) is 16.2. The van der Waals surface area contributed by atoms with Crippen molar-refractivity contribution in [1.82, 2.24) is 31.2 Å². The van der Waals surface area contributed by atoms with Gasteiger partial charge in [0.25, 0.3) is 5.91 Å². The van der Waals surface area contributed by atoms with Crippen LogP contribution in [0.4, 0.5) is 0 Å². The fourth-order valence-corrected chi connectivity index (χ4v) is 6.00. The summed E-state index contributed by atoms with van der Waals surface area (Å²) in [6.45, 7) is 6.40. The highest BCUT2D eigenvalue weighted by molar-refractivity contribution is 5.93. The number of amides is 5. The summed E-state index contributed by atoms with van der Waals surface area (Å²) in [5, 5.41) is 21.5. The van der Waals surface area contributed by atoms with Crippen molar-refractivity contribution in [2.75, 3.05) is 13.1 Å². The third-order valence-electron chi connectivity index (χ3n) is 8.69. The number of pyridine rings is 1. The minimum absolute atomic E-state index is 0.00911. The Bertz CT molecular complexity index is 1370. The van der Waals surface area contributed by atoms with E-state index in [9.17, 15) is 29.1 Å². The molecule has 5 amide bonds. The molecule has 2 fully saturated rings. The van der Waals surface area contributed by atoms with Crippen molar-refractivity contribution in [3.05, 3.63) is 59.9 Å². The molecule has 5 atom stereocenters. The van der Waals surface area contributed by atoms with Gasteiger partial charge in [-0.25, -0.2) is 0 Å². The third kappa shape index (κ3) is 9.76. The molecule has 0 radical (unpaired) electrons. The molecule has 0 spiro atoms. The maximum absolute atomic E-state index is 13.7. The molecule has 12 nitrogen and oxygen atoms in total. The topological polar surface area (TPSA) is 170 Å². The summed E-state index contributed by atoms with van der Waals surface area (Å²) in [4.78, 5) is 71.9.